The molecule has 4 nitrogen and oxygen atoms in total. The van der Waals surface area contributed by atoms with E-state index in [1.165, 1.54) is 0 Å². The highest BCUT2D eigenvalue weighted by molar-refractivity contribution is 7.89. The Labute approximate surface area is 122 Å². The molecule has 0 aromatic heterocycles. The van der Waals surface area contributed by atoms with Gasteiger partial charge in [0.1, 0.15) is 0 Å². The molecule has 1 saturated carbocycles. The van der Waals surface area contributed by atoms with Gasteiger partial charge in [0.25, 0.3) is 0 Å². The van der Waals surface area contributed by atoms with E-state index in [9.17, 15) is 8.42 Å². The highest BCUT2D eigenvalue weighted by Crippen LogP contribution is 2.29. The van der Waals surface area contributed by atoms with E-state index in [0.717, 1.165) is 37.7 Å². The lowest BCUT2D eigenvalue weighted by atomic mass is 10.1. The van der Waals surface area contributed by atoms with Crippen LogP contribution in [0.4, 0.5) is 5.69 Å². The zero-order valence-corrected chi connectivity index (χ0v) is 13.1. The number of sulfonamides is 1. The first-order valence-corrected chi connectivity index (χ1v) is 8.85. The van der Waals surface area contributed by atoms with Crippen LogP contribution in [0.2, 0.25) is 0 Å². The Hall–Kier alpha value is -1.07. The summed E-state index contributed by atoms with van der Waals surface area (Å²) in [4.78, 5) is 0.320. The van der Waals surface area contributed by atoms with Gasteiger partial charge in [-0.15, -0.1) is 0 Å². The van der Waals surface area contributed by atoms with Crippen LogP contribution < -0.4 is 5.73 Å². The number of hydrogen-bond donors (Lipinski definition) is 1. The van der Waals surface area contributed by atoms with Gasteiger partial charge < -0.3 is 5.73 Å². The molecule has 0 saturated heterocycles. The van der Waals surface area contributed by atoms with Crippen LogP contribution in [0, 0.1) is 0 Å². The van der Waals surface area contributed by atoms with Crippen LogP contribution in [-0.2, 0) is 16.4 Å². The average molecular weight is 296 g/mol. The minimum atomic E-state index is -3.43. The quantitative estimate of drug-likeness (QED) is 0.850. The molecule has 1 fully saturated rings. The Morgan fingerprint density at radius 3 is 2.40 bits per heavy atom. The Bertz CT molecular complexity index is 563. The van der Waals surface area contributed by atoms with Crippen molar-refractivity contribution in [3.8, 4) is 0 Å². The van der Waals surface area contributed by atoms with Crippen LogP contribution in [0.3, 0.4) is 0 Å². The Morgan fingerprint density at radius 2 is 1.90 bits per heavy atom. The monoisotopic (exact) mass is 296 g/mol. The summed E-state index contributed by atoms with van der Waals surface area (Å²) in [6.07, 6.45) is 4.98. The fourth-order valence-electron chi connectivity index (χ4n) is 3.01. The highest BCUT2D eigenvalue weighted by atomic mass is 32.2. The van der Waals surface area contributed by atoms with Crippen LogP contribution in [0.25, 0.3) is 0 Å². The maximum atomic E-state index is 12.8. The summed E-state index contributed by atoms with van der Waals surface area (Å²) in [5.41, 5.74) is 7.50. The van der Waals surface area contributed by atoms with Crippen molar-refractivity contribution in [2.45, 2.75) is 56.9 Å². The maximum Gasteiger partial charge on any atom is 0.243 e. The lowest BCUT2D eigenvalue weighted by molar-refractivity contribution is 0.335. The molecule has 0 aliphatic heterocycles. The molecule has 0 unspecified atom stereocenters. The van der Waals surface area contributed by atoms with Crippen molar-refractivity contribution in [3.05, 3.63) is 23.8 Å². The molecule has 2 N–H and O–H groups in total. The van der Waals surface area contributed by atoms with Crippen molar-refractivity contribution >= 4 is 15.7 Å². The van der Waals surface area contributed by atoms with Crippen LogP contribution in [-0.4, -0.2) is 25.3 Å². The van der Waals surface area contributed by atoms with Crippen molar-refractivity contribution in [2.24, 2.45) is 0 Å². The van der Waals surface area contributed by atoms with Gasteiger partial charge in [-0.25, -0.2) is 8.42 Å². The van der Waals surface area contributed by atoms with Gasteiger partial charge in [0.15, 0.2) is 0 Å². The van der Waals surface area contributed by atoms with Gasteiger partial charge >= 0.3 is 0 Å². The van der Waals surface area contributed by atoms with Crippen LogP contribution in [0.1, 0.15) is 45.1 Å². The fraction of sp³-hybridized carbons (Fsp3) is 0.600. The molecule has 1 aromatic rings. The molecule has 0 radical (unpaired) electrons. The van der Waals surface area contributed by atoms with Crippen LogP contribution >= 0.6 is 0 Å². The van der Waals surface area contributed by atoms with Gasteiger partial charge in [-0.2, -0.15) is 4.31 Å². The number of nitrogens with zero attached hydrogens (tertiary/aromatic N) is 1. The number of rotatable bonds is 5. The van der Waals surface area contributed by atoms with E-state index in [-0.39, 0.29) is 6.04 Å². The number of hydrogen-bond acceptors (Lipinski definition) is 3. The number of aryl methyl sites for hydroxylation is 1. The fourth-order valence-corrected chi connectivity index (χ4v) is 4.74. The summed E-state index contributed by atoms with van der Waals surface area (Å²) in [7, 11) is -3.43. The third-order valence-corrected chi connectivity index (χ3v) is 6.17. The molecular formula is C15H24N2O2S. The standard InChI is InChI=1S/C15H24N2O2S/c1-3-12-9-10-14(11-15(12)16)20(18,19)17(4-2)13-7-5-6-8-13/h9-11,13H,3-8,16H2,1-2H3. The second kappa shape index (κ2) is 6.14. The summed E-state index contributed by atoms with van der Waals surface area (Å²) in [5.74, 6) is 0. The molecule has 1 aliphatic carbocycles. The largest absolute Gasteiger partial charge is 0.398 e. The SMILES string of the molecule is CCc1ccc(S(=O)(=O)N(CC)C2CCCC2)cc1N. The van der Waals surface area contributed by atoms with Crippen molar-refractivity contribution in [1.82, 2.24) is 4.31 Å². The van der Waals surface area contributed by atoms with Crippen LogP contribution in [0.15, 0.2) is 23.1 Å². The molecular weight excluding hydrogens is 272 g/mol. The molecule has 1 aromatic carbocycles. The number of anilines is 1. The van der Waals surface area contributed by atoms with E-state index in [1.54, 1.807) is 16.4 Å². The van der Waals surface area contributed by atoms with Gasteiger partial charge in [0.2, 0.25) is 10.0 Å². The lowest BCUT2D eigenvalue weighted by Crippen LogP contribution is -2.38. The number of nitrogen functional groups attached to an aromatic ring is 1. The summed E-state index contributed by atoms with van der Waals surface area (Å²) in [6, 6.07) is 5.26. The van der Waals surface area contributed by atoms with Crippen LogP contribution in [0.5, 0.6) is 0 Å². The number of nitrogens with two attached hydrogens (primary N) is 1. The first kappa shape index (κ1) is 15.3. The Balaban J connectivity index is 2.35. The van der Waals surface area contributed by atoms with Crippen molar-refractivity contribution in [2.75, 3.05) is 12.3 Å². The maximum absolute atomic E-state index is 12.8. The van der Waals surface area contributed by atoms with Gasteiger partial charge in [-0.3, -0.25) is 0 Å². The molecule has 1 aliphatic rings. The summed E-state index contributed by atoms with van der Waals surface area (Å²) in [5, 5.41) is 0. The first-order valence-electron chi connectivity index (χ1n) is 7.41. The van der Waals surface area contributed by atoms with E-state index in [0.29, 0.717) is 17.1 Å². The topological polar surface area (TPSA) is 63.4 Å². The molecule has 0 atom stereocenters. The average Bonchev–Trinajstić information content (AvgIpc) is 2.93. The molecule has 0 spiro atoms. The van der Waals surface area contributed by atoms with Gasteiger partial charge in [0.05, 0.1) is 4.90 Å². The molecule has 20 heavy (non-hydrogen) atoms. The summed E-state index contributed by atoms with van der Waals surface area (Å²) >= 11 is 0. The molecule has 112 valence electrons. The van der Waals surface area contributed by atoms with E-state index in [4.69, 9.17) is 5.73 Å². The molecule has 0 heterocycles. The zero-order valence-electron chi connectivity index (χ0n) is 12.3. The third kappa shape index (κ3) is 2.83. The molecule has 2 rings (SSSR count). The minimum absolute atomic E-state index is 0.150. The third-order valence-electron chi connectivity index (χ3n) is 4.15. The Morgan fingerprint density at radius 1 is 1.25 bits per heavy atom. The predicted octanol–water partition coefficient (Wildman–Crippen LogP) is 2.78. The van der Waals surface area contributed by atoms with E-state index >= 15 is 0 Å². The van der Waals surface area contributed by atoms with Gasteiger partial charge in [0, 0.05) is 18.3 Å². The number of benzene rings is 1. The highest BCUT2D eigenvalue weighted by Gasteiger charge is 2.32. The summed E-state index contributed by atoms with van der Waals surface area (Å²) in [6.45, 7) is 4.43. The van der Waals surface area contributed by atoms with E-state index < -0.39 is 10.0 Å². The summed E-state index contributed by atoms with van der Waals surface area (Å²) < 4.78 is 27.2. The van der Waals surface area contributed by atoms with Crippen molar-refractivity contribution < 1.29 is 8.42 Å². The van der Waals surface area contributed by atoms with Crippen molar-refractivity contribution in [3.63, 3.8) is 0 Å². The first-order chi connectivity index (χ1) is 9.50. The lowest BCUT2D eigenvalue weighted by Gasteiger charge is -2.27. The normalized spacial score (nSPS) is 16.9. The zero-order chi connectivity index (χ0) is 14.8. The Kier molecular flexibility index (Phi) is 4.70. The van der Waals surface area contributed by atoms with Gasteiger partial charge in [-0.1, -0.05) is 32.8 Å². The predicted molar refractivity (Wildman–Crippen MR) is 82.1 cm³/mol. The smallest absolute Gasteiger partial charge is 0.243 e. The molecule has 5 heteroatoms. The second-order valence-corrected chi connectivity index (χ2v) is 7.25. The minimum Gasteiger partial charge on any atom is -0.398 e. The van der Waals surface area contributed by atoms with E-state index in [1.807, 2.05) is 19.9 Å². The van der Waals surface area contributed by atoms with Gasteiger partial charge in [-0.05, 0) is 37.0 Å². The van der Waals surface area contributed by atoms with E-state index in [2.05, 4.69) is 0 Å². The van der Waals surface area contributed by atoms with Crippen molar-refractivity contribution in [1.29, 1.82) is 0 Å². The molecule has 0 bridgehead atoms. The second-order valence-electron chi connectivity index (χ2n) is 5.36. The molecule has 0 amide bonds.